The van der Waals surface area contributed by atoms with Crippen LogP contribution in [0.1, 0.15) is 23.2 Å². The number of aromatic hydroxyl groups is 1. The van der Waals surface area contributed by atoms with Crippen LogP contribution in [-0.4, -0.2) is 23.2 Å². The van der Waals surface area contributed by atoms with Crippen molar-refractivity contribution in [1.29, 1.82) is 0 Å². The van der Waals surface area contributed by atoms with Gasteiger partial charge in [0.05, 0.1) is 10.7 Å². The predicted octanol–water partition coefficient (Wildman–Crippen LogP) is 2.59. The fraction of sp³-hybridized carbons (Fsp3) is 0.357. The highest BCUT2D eigenvalue weighted by Gasteiger charge is 2.06. The Morgan fingerprint density at radius 3 is 3.00 bits per heavy atom. The molecular formula is C14H18N2OS. The highest BCUT2D eigenvalue weighted by Crippen LogP contribution is 2.18. The SMILES string of the molecule is CNC(C)Cc1csc(Cc2cccc(O)c2)n1. The van der Waals surface area contributed by atoms with Gasteiger partial charge in [0.25, 0.3) is 0 Å². The van der Waals surface area contributed by atoms with Crippen LogP contribution in [0.15, 0.2) is 29.6 Å². The van der Waals surface area contributed by atoms with Crippen molar-refractivity contribution in [2.24, 2.45) is 0 Å². The van der Waals surface area contributed by atoms with Crippen molar-refractivity contribution in [1.82, 2.24) is 10.3 Å². The number of thiazole rings is 1. The number of phenolic OH excluding ortho intramolecular Hbond substituents is 1. The van der Waals surface area contributed by atoms with Crippen molar-refractivity contribution < 1.29 is 5.11 Å². The molecule has 2 rings (SSSR count). The molecule has 1 aromatic carbocycles. The van der Waals surface area contributed by atoms with Crippen molar-refractivity contribution in [3.05, 3.63) is 45.9 Å². The summed E-state index contributed by atoms with van der Waals surface area (Å²) in [5.74, 6) is 0.313. The summed E-state index contributed by atoms with van der Waals surface area (Å²) in [6, 6.07) is 7.79. The Kier molecular flexibility index (Phi) is 4.33. The Balaban J connectivity index is 2.02. The van der Waals surface area contributed by atoms with Gasteiger partial charge < -0.3 is 10.4 Å². The summed E-state index contributed by atoms with van der Waals surface area (Å²) in [7, 11) is 1.96. The maximum absolute atomic E-state index is 9.42. The number of likely N-dealkylation sites (N-methyl/N-ethyl adjacent to an activating group) is 1. The minimum absolute atomic E-state index is 0.313. The number of benzene rings is 1. The van der Waals surface area contributed by atoms with E-state index < -0.39 is 0 Å². The molecule has 0 fully saturated rings. The van der Waals surface area contributed by atoms with Crippen LogP contribution in [0.4, 0.5) is 0 Å². The van der Waals surface area contributed by atoms with Crippen LogP contribution in [0.3, 0.4) is 0 Å². The average Bonchev–Trinajstić information content (AvgIpc) is 2.76. The summed E-state index contributed by atoms with van der Waals surface area (Å²) in [6.45, 7) is 2.15. The first-order valence-electron chi connectivity index (χ1n) is 6.06. The van der Waals surface area contributed by atoms with Gasteiger partial charge in [0.1, 0.15) is 5.75 Å². The molecule has 4 heteroatoms. The number of rotatable bonds is 5. The van der Waals surface area contributed by atoms with Crippen molar-refractivity contribution >= 4 is 11.3 Å². The monoisotopic (exact) mass is 262 g/mol. The lowest BCUT2D eigenvalue weighted by atomic mass is 10.1. The third kappa shape index (κ3) is 3.55. The van der Waals surface area contributed by atoms with Gasteiger partial charge in [0.2, 0.25) is 0 Å². The summed E-state index contributed by atoms with van der Waals surface area (Å²) >= 11 is 1.68. The molecule has 0 bridgehead atoms. The average molecular weight is 262 g/mol. The number of nitrogens with one attached hydrogen (secondary N) is 1. The summed E-state index contributed by atoms with van der Waals surface area (Å²) < 4.78 is 0. The van der Waals surface area contributed by atoms with Crippen LogP contribution in [0.2, 0.25) is 0 Å². The van der Waals surface area contributed by atoms with Crippen LogP contribution >= 0.6 is 11.3 Å². The van der Waals surface area contributed by atoms with Crippen molar-refractivity contribution in [3.8, 4) is 5.75 Å². The number of hydrogen-bond donors (Lipinski definition) is 2. The molecule has 0 saturated carbocycles. The smallest absolute Gasteiger partial charge is 0.115 e. The summed E-state index contributed by atoms with van der Waals surface area (Å²) in [5, 5.41) is 15.8. The molecule has 0 aliphatic carbocycles. The molecule has 0 aliphatic rings. The molecule has 0 spiro atoms. The van der Waals surface area contributed by atoms with E-state index in [9.17, 15) is 5.11 Å². The molecule has 18 heavy (non-hydrogen) atoms. The molecule has 0 saturated heterocycles. The second-order valence-corrected chi connectivity index (χ2v) is 5.42. The molecule has 2 aromatic rings. The van der Waals surface area contributed by atoms with Crippen LogP contribution in [0, 0.1) is 0 Å². The molecule has 96 valence electrons. The number of hydrogen-bond acceptors (Lipinski definition) is 4. The zero-order valence-electron chi connectivity index (χ0n) is 10.7. The van der Waals surface area contributed by atoms with Crippen LogP contribution in [-0.2, 0) is 12.8 Å². The molecule has 0 aliphatic heterocycles. The molecule has 0 radical (unpaired) electrons. The van der Waals surface area contributed by atoms with Gasteiger partial charge in [0.15, 0.2) is 0 Å². The Hall–Kier alpha value is -1.39. The zero-order valence-corrected chi connectivity index (χ0v) is 11.5. The lowest BCUT2D eigenvalue weighted by Crippen LogP contribution is -2.23. The molecule has 0 amide bonds. The van der Waals surface area contributed by atoms with Gasteiger partial charge in [0, 0.05) is 24.3 Å². The van der Waals surface area contributed by atoms with Gasteiger partial charge in [-0.2, -0.15) is 0 Å². The second-order valence-electron chi connectivity index (χ2n) is 4.47. The number of nitrogens with zero attached hydrogens (tertiary/aromatic N) is 1. The third-order valence-electron chi connectivity index (χ3n) is 2.87. The molecule has 3 nitrogen and oxygen atoms in total. The Morgan fingerprint density at radius 2 is 2.28 bits per heavy atom. The molecule has 1 aromatic heterocycles. The van der Waals surface area contributed by atoms with E-state index in [1.54, 1.807) is 23.5 Å². The van der Waals surface area contributed by atoms with E-state index in [4.69, 9.17) is 0 Å². The molecule has 2 N–H and O–H groups in total. The van der Waals surface area contributed by atoms with Crippen LogP contribution in [0.5, 0.6) is 5.75 Å². The summed E-state index contributed by atoms with van der Waals surface area (Å²) in [5.41, 5.74) is 2.23. The van der Waals surface area contributed by atoms with E-state index >= 15 is 0 Å². The molecule has 1 unspecified atom stereocenters. The number of aromatic nitrogens is 1. The quantitative estimate of drug-likeness (QED) is 0.870. The Bertz CT molecular complexity index is 510. The minimum Gasteiger partial charge on any atom is -0.508 e. The van der Waals surface area contributed by atoms with E-state index in [0.29, 0.717) is 11.8 Å². The van der Waals surface area contributed by atoms with Gasteiger partial charge >= 0.3 is 0 Å². The zero-order chi connectivity index (χ0) is 13.0. The van der Waals surface area contributed by atoms with Crippen LogP contribution in [0.25, 0.3) is 0 Å². The van der Waals surface area contributed by atoms with E-state index in [0.717, 1.165) is 29.1 Å². The lowest BCUT2D eigenvalue weighted by Gasteiger charge is -2.06. The van der Waals surface area contributed by atoms with E-state index in [-0.39, 0.29) is 0 Å². The first kappa shape index (κ1) is 13.1. The standard InChI is InChI=1S/C14H18N2OS/c1-10(15-2)6-12-9-18-14(16-12)8-11-4-3-5-13(17)7-11/h3-5,7,9-10,15,17H,6,8H2,1-2H3. The van der Waals surface area contributed by atoms with Gasteiger partial charge in [-0.1, -0.05) is 12.1 Å². The third-order valence-corrected chi connectivity index (χ3v) is 3.77. The van der Waals surface area contributed by atoms with Gasteiger partial charge in [-0.3, -0.25) is 0 Å². The Labute approximate surface area is 112 Å². The second kappa shape index (κ2) is 5.98. The van der Waals surface area contributed by atoms with E-state index in [2.05, 4.69) is 22.6 Å². The molecule has 1 heterocycles. The first-order valence-corrected chi connectivity index (χ1v) is 6.94. The molecule has 1 atom stereocenters. The van der Waals surface area contributed by atoms with Gasteiger partial charge in [-0.05, 0) is 31.7 Å². The lowest BCUT2D eigenvalue weighted by molar-refractivity contribution is 0.474. The van der Waals surface area contributed by atoms with Crippen molar-refractivity contribution in [2.45, 2.75) is 25.8 Å². The van der Waals surface area contributed by atoms with E-state index in [1.165, 1.54) is 0 Å². The van der Waals surface area contributed by atoms with Gasteiger partial charge in [-0.15, -0.1) is 11.3 Å². The maximum Gasteiger partial charge on any atom is 0.115 e. The highest BCUT2D eigenvalue weighted by molar-refractivity contribution is 7.09. The fourth-order valence-corrected chi connectivity index (χ4v) is 2.62. The normalized spacial score (nSPS) is 12.6. The minimum atomic E-state index is 0.313. The Morgan fingerprint density at radius 1 is 1.44 bits per heavy atom. The first-order chi connectivity index (χ1) is 8.67. The summed E-state index contributed by atoms with van der Waals surface area (Å²) in [4.78, 5) is 4.62. The fourth-order valence-electron chi connectivity index (χ4n) is 1.78. The maximum atomic E-state index is 9.42. The topological polar surface area (TPSA) is 45.1 Å². The number of phenols is 1. The van der Waals surface area contributed by atoms with Crippen LogP contribution < -0.4 is 5.32 Å². The van der Waals surface area contributed by atoms with Crippen molar-refractivity contribution in [2.75, 3.05) is 7.05 Å². The predicted molar refractivity (Wildman–Crippen MR) is 75.3 cm³/mol. The van der Waals surface area contributed by atoms with Crippen molar-refractivity contribution in [3.63, 3.8) is 0 Å². The van der Waals surface area contributed by atoms with Gasteiger partial charge in [-0.25, -0.2) is 4.98 Å². The largest absolute Gasteiger partial charge is 0.508 e. The molecular weight excluding hydrogens is 244 g/mol. The highest BCUT2D eigenvalue weighted by atomic mass is 32.1. The van der Waals surface area contributed by atoms with E-state index in [1.807, 2.05) is 19.2 Å². The summed E-state index contributed by atoms with van der Waals surface area (Å²) in [6.07, 6.45) is 1.74.